The Morgan fingerprint density at radius 3 is 2.89 bits per heavy atom. The second-order valence-corrected chi connectivity index (χ2v) is 6.89. The van der Waals surface area contributed by atoms with Gasteiger partial charge in [-0.2, -0.15) is 9.72 Å². The number of amides is 2. The molecule has 2 aliphatic rings. The van der Waals surface area contributed by atoms with E-state index in [4.69, 9.17) is 6.42 Å². The van der Waals surface area contributed by atoms with Crippen LogP contribution >= 0.6 is 0 Å². The van der Waals surface area contributed by atoms with E-state index in [1.807, 2.05) is 12.1 Å². The lowest BCUT2D eigenvalue weighted by molar-refractivity contribution is -0.129. The summed E-state index contributed by atoms with van der Waals surface area (Å²) >= 11 is 0. The second kappa shape index (κ2) is 6.80. The first-order valence-electron chi connectivity index (χ1n) is 9.00. The van der Waals surface area contributed by atoms with Gasteiger partial charge in [0, 0.05) is 30.6 Å². The van der Waals surface area contributed by atoms with Crippen LogP contribution in [0.5, 0.6) is 0 Å². The van der Waals surface area contributed by atoms with Crippen molar-refractivity contribution in [2.24, 2.45) is 10.9 Å². The van der Waals surface area contributed by atoms with Gasteiger partial charge in [-0.15, -0.1) is 6.42 Å². The van der Waals surface area contributed by atoms with Crippen LogP contribution in [0.15, 0.2) is 29.4 Å². The highest BCUT2D eigenvalue weighted by Crippen LogP contribution is 2.30. The number of nitrogens with zero attached hydrogens (tertiary/aromatic N) is 3. The zero-order chi connectivity index (χ0) is 19.0. The highest BCUT2D eigenvalue weighted by Gasteiger charge is 2.29. The van der Waals surface area contributed by atoms with Crippen molar-refractivity contribution < 1.29 is 14.8 Å². The molecule has 7 nitrogen and oxygen atoms in total. The highest BCUT2D eigenvalue weighted by molar-refractivity contribution is 5.91. The van der Waals surface area contributed by atoms with Gasteiger partial charge in [0.05, 0.1) is 6.42 Å². The van der Waals surface area contributed by atoms with Crippen LogP contribution in [0.3, 0.4) is 0 Å². The van der Waals surface area contributed by atoms with E-state index in [-0.39, 0.29) is 29.6 Å². The number of carbonyl (C=O) groups excluding carboxylic acids is 2. The Morgan fingerprint density at radius 2 is 2.22 bits per heavy atom. The zero-order valence-corrected chi connectivity index (χ0v) is 14.8. The van der Waals surface area contributed by atoms with Gasteiger partial charge in [0.25, 0.3) is 5.91 Å². The summed E-state index contributed by atoms with van der Waals surface area (Å²) in [6, 6.07) is 3.61. The lowest BCUT2D eigenvalue weighted by Crippen LogP contribution is -2.34. The summed E-state index contributed by atoms with van der Waals surface area (Å²) in [5, 5.41) is 11.3. The molecule has 1 aliphatic heterocycles. The standard InChI is InChI=1S/C20H20N4O3/c1-2-3-18(25)23-10-7-13(8-11-23)16-12-17(22-20(26)14-4-5-14)24(27)19-15(16)6-9-21-19/h1,6-7,9,12,14,21,27H,3-5,8,10-11H2. The van der Waals surface area contributed by atoms with Crippen LogP contribution in [0.2, 0.25) is 0 Å². The zero-order valence-electron chi connectivity index (χ0n) is 14.8. The van der Waals surface area contributed by atoms with E-state index in [0.29, 0.717) is 25.2 Å². The molecule has 4 rings (SSSR count). The number of terminal acetylenes is 1. The first-order valence-corrected chi connectivity index (χ1v) is 9.00. The molecule has 0 aromatic carbocycles. The first kappa shape index (κ1) is 17.2. The third-order valence-electron chi connectivity index (χ3n) is 5.03. The summed E-state index contributed by atoms with van der Waals surface area (Å²) < 4.78 is 0.922. The van der Waals surface area contributed by atoms with E-state index in [1.54, 1.807) is 17.2 Å². The van der Waals surface area contributed by atoms with Gasteiger partial charge in [-0.3, -0.25) is 9.59 Å². The van der Waals surface area contributed by atoms with E-state index >= 15 is 0 Å². The molecule has 1 aliphatic carbocycles. The molecular weight excluding hydrogens is 344 g/mol. The average molecular weight is 364 g/mol. The van der Waals surface area contributed by atoms with Crippen LogP contribution in [0, 0.1) is 18.3 Å². The van der Waals surface area contributed by atoms with E-state index in [2.05, 4.69) is 15.9 Å². The van der Waals surface area contributed by atoms with Gasteiger partial charge in [-0.05, 0) is 42.5 Å². The molecule has 0 saturated heterocycles. The average Bonchev–Trinajstić information content (AvgIpc) is 3.41. The second-order valence-electron chi connectivity index (χ2n) is 6.89. The quantitative estimate of drug-likeness (QED) is 0.641. The number of H-pyrrole nitrogens is 1. The van der Waals surface area contributed by atoms with Gasteiger partial charge in [0.2, 0.25) is 5.91 Å². The Balaban J connectivity index is 1.73. The minimum atomic E-state index is -0.196. The number of aromatic amines is 1. The minimum Gasteiger partial charge on any atom is -0.425 e. The molecule has 0 unspecified atom stereocenters. The number of aromatic nitrogens is 2. The fraction of sp³-hybridized carbons (Fsp3) is 0.350. The van der Waals surface area contributed by atoms with Crippen LogP contribution in [-0.2, 0) is 9.59 Å². The molecule has 0 bridgehead atoms. The molecule has 0 atom stereocenters. The van der Waals surface area contributed by atoms with Crippen molar-refractivity contribution in [3.05, 3.63) is 35.5 Å². The number of pyridine rings is 1. The van der Waals surface area contributed by atoms with Crippen molar-refractivity contribution in [3.8, 4) is 12.3 Å². The summed E-state index contributed by atoms with van der Waals surface area (Å²) in [4.78, 5) is 32.9. The maximum atomic E-state index is 12.1. The Kier molecular flexibility index (Phi) is 4.32. The summed E-state index contributed by atoms with van der Waals surface area (Å²) in [5.74, 6) is 2.12. The first-order chi connectivity index (χ1) is 13.1. The Labute approximate surface area is 156 Å². The van der Waals surface area contributed by atoms with Gasteiger partial charge >= 0.3 is 0 Å². The fourth-order valence-corrected chi connectivity index (χ4v) is 3.35. The Bertz CT molecular complexity index is 1060. The number of rotatable bonds is 3. The molecular formula is C20H20N4O3. The van der Waals surface area contributed by atoms with E-state index in [9.17, 15) is 14.8 Å². The highest BCUT2D eigenvalue weighted by atomic mass is 16.5. The van der Waals surface area contributed by atoms with E-state index in [1.165, 1.54) is 0 Å². The molecule has 7 heteroatoms. The maximum absolute atomic E-state index is 12.1. The number of nitrogens with one attached hydrogen (secondary N) is 1. The van der Waals surface area contributed by atoms with Gasteiger partial charge in [0.1, 0.15) is 0 Å². The predicted octanol–water partition coefficient (Wildman–Crippen LogP) is 1.68. The largest absolute Gasteiger partial charge is 0.425 e. The molecule has 1 saturated carbocycles. The number of carbonyl (C=O) groups is 2. The van der Waals surface area contributed by atoms with Crippen LogP contribution in [0.25, 0.3) is 16.6 Å². The molecule has 2 N–H and O–H groups in total. The SMILES string of the molecule is C#CCC(=O)N1CC=C(c2cc(=NC(=O)C3CC3)n(O)c3[nH]ccc23)CC1. The summed E-state index contributed by atoms with van der Waals surface area (Å²) in [6.45, 7) is 1.07. The van der Waals surface area contributed by atoms with Gasteiger partial charge in [-0.1, -0.05) is 12.0 Å². The van der Waals surface area contributed by atoms with Crippen molar-refractivity contribution in [1.29, 1.82) is 0 Å². The molecule has 3 heterocycles. The van der Waals surface area contributed by atoms with E-state index in [0.717, 1.165) is 34.1 Å². The van der Waals surface area contributed by atoms with Crippen molar-refractivity contribution >= 4 is 28.4 Å². The molecule has 1 fully saturated rings. The van der Waals surface area contributed by atoms with Gasteiger partial charge in [0.15, 0.2) is 11.1 Å². The number of fused-ring (bicyclic) bond motifs is 1. The Hall–Kier alpha value is -3.27. The van der Waals surface area contributed by atoms with Crippen molar-refractivity contribution in [1.82, 2.24) is 14.6 Å². The fourth-order valence-electron chi connectivity index (χ4n) is 3.35. The molecule has 138 valence electrons. The monoisotopic (exact) mass is 364 g/mol. The summed E-state index contributed by atoms with van der Waals surface area (Å²) in [6.07, 6.45) is 11.4. The van der Waals surface area contributed by atoms with Crippen LogP contribution in [-0.4, -0.2) is 44.7 Å². The van der Waals surface area contributed by atoms with Gasteiger partial charge < -0.3 is 15.1 Å². The molecule has 2 aromatic heterocycles. The van der Waals surface area contributed by atoms with Crippen LogP contribution in [0.4, 0.5) is 0 Å². The number of hydrogen-bond donors (Lipinski definition) is 2. The molecule has 2 aromatic rings. The van der Waals surface area contributed by atoms with Gasteiger partial charge in [-0.25, -0.2) is 0 Å². The summed E-state index contributed by atoms with van der Waals surface area (Å²) in [7, 11) is 0. The van der Waals surface area contributed by atoms with Crippen molar-refractivity contribution in [2.75, 3.05) is 13.1 Å². The minimum absolute atomic E-state index is 0.0163. The predicted molar refractivity (Wildman–Crippen MR) is 99.4 cm³/mol. The third-order valence-corrected chi connectivity index (χ3v) is 5.03. The van der Waals surface area contributed by atoms with Crippen LogP contribution < -0.4 is 5.49 Å². The van der Waals surface area contributed by atoms with E-state index < -0.39 is 0 Å². The lowest BCUT2D eigenvalue weighted by Gasteiger charge is -2.26. The van der Waals surface area contributed by atoms with Crippen molar-refractivity contribution in [2.45, 2.75) is 25.7 Å². The summed E-state index contributed by atoms with van der Waals surface area (Å²) in [5.41, 5.74) is 2.66. The third kappa shape index (κ3) is 3.26. The van der Waals surface area contributed by atoms with Crippen molar-refractivity contribution in [3.63, 3.8) is 0 Å². The lowest BCUT2D eigenvalue weighted by atomic mass is 9.97. The molecule has 2 amide bonds. The normalized spacial score (nSPS) is 17.7. The molecule has 0 spiro atoms. The van der Waals surface area contributed by atoms with Crippen LogP contribution in [0.1, 0.15) is 31.2 Å². The molecule has 0 radical (unpaired) electrons. The maximum Gasteiger partial charge on any atom is 0.250 e. The molecule has 27 heavy (non-hydrogen) atoms. The smallest absolute Gasteiger partial charge is 0.250 e. The topological polar surface area (TPSA) is 90.7 Å². The number of hydrogen-bond acceptors (Lipinski definition) is 3. The Morgan fingerprint density at radius 1 is 1.41 bits per heavy atom.